The van der Waals surface area contributed by atoms with Crippen molar-refractivity contribution in [3.8, 4) is 44.5 Å². The standard InChI is InChI=1S/C40H27NO/c1-26-6-8-27(9-7-26)28-10-12-30(13-11-28)33-18-19-34-22-35(25-41-38(34)24-33)31-16-14-29(15-17-31)32-20-21-40-37(23-32)36-4-2-3-5-39(36)42-40/h2-25H,1H3. The maximum atomic E-state index is 6.01. The number of hydrogen-bond acceptors (Lipinski definition) is 2. The first-order chi connectivity index (χ1) is 20.7. The molecule has 2 heteroatoms. The molecule has 6 aromatic carbocycles. The predicted molar refractivity (Wildman–Crippen MR) is 176 cm³/mol. The van der Waals surface area contributed by atoms with Crippen molar-refractivity contribution in [2.24, 2.45) is 0 Å². The smallest absolute Gasteiger partial charge is 0.135 e. The van der Waals surface area contributed by atoms with Gasteiger partial charge in [0, 0.05) is 27.9 Å². The first-order valence-electron chi connectivity index (χ1n) is 14.3. The molecule has 198 valence electrons. The van der Waals surface area contributed by atoms with Gasteiger partial charge in [0.15, 0.2) is 0 Å². The highest BCUT2D eigenvalue weighted by Gasteiger charge is 2.09. The molecule has 8 rings (SSSR count). The summed E-state index contributed by atoms with van der Waals surface area (Å²) < 4.78 is 6.01. The number of aryl methyl sites for hydroxylation is 1. The molecule has 0 amide bonds. The number of fused-ring (bicyclic) bond motifs is 4. The SMILES string of the molecule is Cc1ccc(-c2ccc(-c3ccc4cc(-c5ccc(-c6ccc7oc8ccccc8c7c6)cc5)cnc4c3)cc2)cc1. The van der Waals surface area contributed by atoms with Gasteiger partial charge in [-0.1, -0.05) is 115 Å². The molecule has 0 unspecified atom stereocenters. The van der Waals surface area contributed by atoms with Crippen LogP contribution < -0.4 is 0 Å². The molecule has 2 heterocycles. The minimum Gasteiger partial charge on any atom is -0.456 e. The summed E-state index contributed by atoms with van der Waals surface area (Å²) in [4.78, 5) is 4.84. The lowest BCUT2D eigenvalue weighted by molar-refractivity contribution is 0.669. The molecule has 0 saturated heterocycles. The van der Waals surface area contributed by atoms with Crippen LogP contribution in [-0.4, -0.2) is 4.98 Å². The molecule has 0 aliphatic carbocycles. The molecule has 0 atom stereocenters. The van der Waals surface area contributed by atoms with E-state index in [4.69, 9.17) is 9.40 Å². The molecule has 0 spiro atoms. The van der Waals surface area contributed by atoms with Gasteiger partial charge in [0.05, 0.1) is 5.52 Å². The number of benzene rings is 6. The molecule has 0 saturated carbocycles. The third-order valence-electron chi connectivity index (χ3n) is 8.22. The molecule has 2 aromatic heterocycles. The van der Waals surface area contributed by atoms with Crippen LogP contribution in [0.5, 0.6) is 0 Å². The van der Waals surface area contributed by atoms with E-state index in [1.807, 2.05) is 18.3 Å². The van der Waals surface area contributed by atoms with Gasteiger partial charge in [0.1, 0.15) is 11.2 Å². The summed E-state index contributed by atoms with van der Waals surface area (Å²) in [5.41, 5.74) is 13.6. The van der Waals surface area contributed by atoms with Crippen molar-refractivity contribution in [3.05, 3.63) is 151 Å². The van der Waals surface area contributed by atoms with Gasteiger partial charge in [-0.3, -0.25) is 4.98 Å². The van der Waals surface area contributed by atoms with Crippen LogP contribution in [0.3, 0.4) is 0 Å². The van der Waals surface area contributed by atoms with Crippen molar-refractivity contribution < 1.29 is 4.42 Å². The summed E-state index contributed by atoms with van der Waals surface area (Å²) in [6.07, 6.45) is 1.98. The lowest BCUT2D eigenvalue weighted by atomic mass is 9.97. The Balaban J connectivity index is 1.05. The molecular formula is C40H27NO. The first-order valence-corrected chi connectivity index (χ1v) is 14.3. The normalized spacial score (nSPS) is 11.5. The lowest BCUT2D eigenvalue weighted by Gasteiger charge is -2.09. The topological polar surface area (TPSA) is 26.0 Å². The molecule has 0 aliphatic rings. The fraction of sp³-hybridized carbons (Fsp3) is 0.0250. The Bertz CT molecular complexity index is 2220. The van der Waals surface area contributed by atoms with Gasteiger partial charge in [-0.2, -0.15) is 0 Å². The quantitative estimate of drug-likeness (QED) is 0.223. The summed E-state index contributed by atoms with van der Waals surface area (Å²) in [7, 11) is 0. The van der Waals surface area contributed by atoms with Crippen LogP contribution >= 0.6 is 0 Å². The number of nitrogens with zero attached hydrogens (tertiary/aromatic N) is 1. The predicted octanol–water partition coefficient (Wildman–Crippen LogP) is 11.1. The van der Waals surface area contributed by atoms with Gasteiger partial charge in [-0.15, -0.1) is 0 Å². The molecule has 0 bridgehead atoms. The van der Waals surface area contributed by atoms with Crippen molar-refractivity contribution >= 4 is 32.8 Å². The zero-order valence-electron chi connectivity index (χ0n) is 23.2. The molecule has 0 fully saturated rings. The highest BCUT2D eigenvalue weighted by Crippen LogP contribution is 2.34. The fourth-order valence-corrected chi connectivity index (χ4v) is 5.82. The first kappa shape index (κ1) is 24.3. The van der Waals surface area contributed by atoms with Crippen LogP contribution in [0.25, 0.3) is 77.3 Å². The van der Waals surface area contributed by atoms with Gasteiger partial charge < -0.3 is 4.42 Å². The van der Waals surface area contributed by atoms with Gasteiger partial charge in [0.2, 0.25) is 0 Å². The van der Waals surface area contributed by atoms with E-state index in [0.717, 1.165) is 44.0 Å². The second kappa shape index (κ2) is 9.87. The van der Waals surface area contributed by atoms with Gasteiger partial charge in [-0.25, -0.2) is 0 Å². The van der Waals surface area contributed by atoms with Crippen molar-refractivity contribution in [2.45, 2.75) is 6.92 Å². The molecule has 2 nitrogen and oxygen atoms in total. The Morgan fingerprint density at radius 3 is 1.67 bits per heavy atom. The van der Waals surface area contributed by atoms with Crippen LogP contribution in [0.1, 0.15) is 5.56 Å². The number of furan rings is 1. The lowest BCUT2D eigenvalue weighted by Crippen LogP contribution is -1.86. The van der Waals surface area contributed by atoms with Crippen LogP contribution in [0, 0.1) is 6.92 Å². The molecule has 8 aromatic rings. The largest absolute Gasteiger partial charge is 0.456 e. The summed E-state index contributed by atoms with van der Waals surface area (Å²) in [6, 6.07) is 49.6. The number of hydrogen-bond donors (Lipinski definition) is 0. The highest BCUT2D eigenvalue weighted by molar-refractivity contribution is 6.06. The number of pyridine rings is 1. The summed E-state index contributed by atoms with van der Waals surface area (Å²) in [5.74, 6) is 0. The number of rotatable bonds is 4. The molecule has 0 N–H and O–H groups in total. The van der Waals surface area contributed by atoms with E-state index in [0.29, 0.717) is 0 Å². The molecule has 0 radical (unpaired) electrons. The summed E-state index contributed by atoms with van der Waals surface area (Å²) in [5, 5.41) is 3.43. The summed E-state index contributed by atoms with van der Waals surface area (Å²) in [6.45, 7) is 2.12. The molecule has 42 heavy (non-hydrogen) atoms. The van der Waals surface area contributed by atoms with E-state index in [1.54, 1.807) is 0 Å². The van der Waals surface area contributed by atoms with Crippen LogP contribution in [0.2, 0.25) is 0 Å². The maximum Gasteiger partial charge on any atom is 0.135 e. The van der Waals surface area contributed by atoms with Gasteiger partial charge in [-0.05, 0) is 76.2 Å². The monoisotopic (exact) mass is 537 g/mol. The highest BCUT2D eigenvalue weighted by atomic mass is 16.3. The number of para-hydroxylation sites is 1. The average Bonchev–Trinajstić information content (AvgIpc) is 3.43. The number of aromatic nitrogens is 1. The van der Waals surface area contributed by atoms with Crippen molar-refractivity contribution in [2.75, 3.05) is 0 Å². The van der Waals surface area contributed by atoms with E-state index >= 15 is 0 Å². The zero-order chi connectivity index (χ0) is 28.0. The minimum atomic E-state index is 0.918. The third-order valence-corrected chi connectivity index (χ3v) is 8.22. The van der Waals surface area contributed by atoms with Crippen LogP contribution in [-0.2, 0) is 0 Å². The Morgan fingerprint density at radius 2 is 0.952 bits per heavy atom. The molecule has 0 aliphatic heterocycles. The Hall–Kier alpha value is -5.47. The van der Waals surface area contributed by atoms with Crippen LogP contribution in [0.15, 0.2) is 150 Å². The van der Waals surface area contributed by atoms with Crippen molar-refractivity contribution in [1.82, 2.24) is 4.98 Å². The van der Waals surface area contributed by atoms with Gasteiger partial charge in [0.25, 0.3) is 0 Å². The second-order valence-corrected chi connectivity index (χ2v) is 11.0. The van der Waals surface area contributed by atoms with E-state index < -0.39 is 0 Å². The third kappa shape index (κ3) is 4.34. The van der Waals surface area contributed by atoms with Crippen LogP contribution in [0.4, 0.5) is 0 Å². The Labute approximate surface area is 244 Å². The maximum absolute atomic E-state index is 6.01. The van der Waals surface area contributed by atoms with E-state index in [9.17, 15) is 0 Å². The van der Waals surface area contributed by atoms with Crippen molar-refractivity contribution in [1.29, 1.82) is 0 Å². The minimum absolute atomic E-state index is 0.918. The average molecular weight is 538 g/mol. The molecular weight excluding hydrogens is 510 g/mol. The Morgan fingerprint density at radius 1 is 0.429 bits per heavy atom. The van der Waals surface area contributed by atoms with E-state index in [2.05, 4.69) is 134 Å². The second-order valence-electron chi connectivity index (χ2n) is 11.0. The van der Waals surface area contributed by atoms with Crippen molar-refractivity contribution in [3.63, 3.8) is 0 Å². The van der Waals surface area contributed by atoms with E-state index in [1.165, 1.54) is 38.9 Å². The van der Waals surface area contributed by atoms with Gasteiger partial charge >= 0.3 is 0 Å². The summed E-state index contributed by atoms with van der Waals surface area (Å²) >= 11 is 0. The Kier molecular flexibility index (Phi) is 5.72. The van der Waals surface area contributed by atoms with E-state index in [-0.39, 0.29) is 0 Å². The fourth-order valence-electron chi connectivity index (χ4n) is 5.82. The zero-order valence-corrected chi connectivity index (χ0v) is 23.2.